The fourth-order valence-corrected chi connectivity index (χ4v) is 2.47. The predicted octanol–water partition coefficient (Wildman–Crippen LogP) is 1.25. The van der Waals surface area contributed by atoms with E-state index in [1.165, 1.54) is 18.2 Å². The normalized spacial score (nSPS) is 11.7. The van der Waals surface area contributed by atoms with Crippen LogP contribution in [0.3, 0.4) is 0 Å². The first-order chi connectivity index (χ1) is 7.94. The predicted molar refractivity (Wildman–Crippen MR) is 65.7 cm³/mol. The molecule has 0 radical (unpaired) electrons. The van der Waals surface area contributed by atoms with Gasteiger partial charge >= 0.3 is 0 Å². The van der Waals surface area contributed by atoms with Gasteiger partial charge in [0.2, 0.25) is 10.0 Å². The number of nitrogens with one attached hydrogen (secondary N) is 1. The third-order valence-electron chi connectivity index (χ3n) is 2.10. The van der Waals surface area contributed by atoms with Crippen molar-refractivity contribution in [3.05, 3.63) is 34.6 Å². The van der Waals surface area contributed by atoms with E-state index in [-0.39, 0.29) is 17.3 Å². The van der Waals surface area contributed by atoms with Crippen molar-refractivity contribution in [2.45, 2.75) is 13.0 Å². The highest BCUT2D eigenvalue weighted by Crippen LogP contribution is 2.15. The molecule has 0 amide bonds. The van der Waals surface area contributed by atoms with Gasteiger partial charge in [-0.25, -0.2) is 17.5 Å². The van der Waals surface area contributed by atoms with Gasteiger partial charge in [-0.2, -0.15) is 0 Å². The molecule has 0 atom stereocenters. The molecule has 0 bridgehead atoms. The molecule has 7 heteroatoms. The number of hydrogen-bond acceptors (Lipinski definition) is 3. The zero-order valence-electron chi connectivity index (χ0n) is 9.12. The van der Waals surface area contributed by atoms with Gasteiger partial charge < -0.3 is 5.73 Å². The van der Waals surface area contributed by atoms with Crippen molar-refractivity contribution in [3.8, 4) is 0 Å². The van der Waals surface area contributed by atoms with E-state index in [1.54, 1.807) is 0 Å². The summed E-state index contributed by atoms with van der Waals surface area (Å²) in [6, 6.07) is 4.07. The summed E-state index contributed by atoms with van der Waals surface area (Å²) < 4.78 is 38.1. The molecular weight excluding hydrogens is 267 g/mol. The van der Waals surface area contributed by atoms with E-state index in [4.69, 9.17) is 17.3 Å². The number of sulfonamides is 1. The Labute approximate surface area is 105 Å². The lowest BCUT2D eigenvalue weighted by molar-refractivity contribution is 0.578. The molecule has 0 aromatic heterocycles. The summed E-state index contributed by atoms with van der Waals surface area (Å²) >= 11 is 5.58. The maximum atomic E-state index is 12.9. The van der Waals surface area contributed by atoms with Gasteiger partial charge in [0.05, 0.1) is 10.8 Å². The van der Waals surface area contributed by atoms with Crippen LogP contribution in [0.1, 0.15) is 12.0 Å². The molecule has 0 saturated carbocycles. The van der Waals surface area contributed by atoms with Crippen molar-refractivity contribution in [2.24, 2.45) is 5.73 Å². The zero-order valence-corrected chi connectivity index (χ0v) is 10.7. The van der Waals surface area contributed by atoms with E-state index in [9.17, 15) is 12.8 Å². The van der Waals surface area contributed by atoms with E-state index >= 15 is 0 Å². The second kappa shape index (κ2) is 6.30. The van der Waals surface area contributed by atoms with Gasteiger partial charge in [-0.15, -0.1) is 0 Å². The van der Waals surface area contributed by atoms with Crippen LogP contribution in [0.5, 0.6) is 0 Å². The Kier molecular flexibility index (Phi) is 5.32. The molecule has 0 aliphatic heterocycles. The van der Waals surface area contributed by atoms with Crippen LogP contribution in [0.2, 0.25) is 5.02 Å². The third-order valence-corrected chi connectivity index (χ3v) is 3.80. The molecule has 1 aromatic rings. The fraction of sp³-hybridized carbons (Fsp3) is 0.400. The summed E-state index contributed by atoms with van der Waals surface area (Å²) in [5, 5.41) is -0.0244. The topological polar surface area (TPSA) is 72.2 Å². The third kappa shape index (κ3) is 4.99. The van der Waals surface area contributed by atoms with E-state index in [0.29, 0.717) is 18.5 Å². The summed E-state index contributed by atoms with van der Waals surface area (Å²) in [5.74, 6) is -0.542. The summed E-state index contributed by atoms with van der Waals surface area (Å²) in [4.78, 5) is 0. The molecule has 0 aliphatic carbocycles. The smallest absolute Gasteiger partial charge is 0.211 e. The van der Waals surface area contributed by atoms with Crippen LogP contribution in [0.4, 0.5) is 4.39 Å². The Morgan fingerprint density at radius 1 is 1.41 bits per heavy atom. The molecule has 0 fully saturated rings. The highest BCUT2D eigenvalue weighted by Gasteiger charge is 2.09. The lowest BCUT2D eigenvalue weighted by Gasteiger charge is -2.06. The fourth-order valence-electron chi connectivity index (χ4n) is 1.19. The number of rotatable bonds is 6. The van der Waals surface area contributed by atoms with Crippen molar-refractivity contribution in [1.29, 1.82) is 0 Å². The Balaban J connectivity index is 2.58. The molecule has 1 rings (SSSR count). The number of nitrogens with two attached hydrogens (primary N) is 1. The largest absolute Gasteiger partial charge is 0.330 e. The van der Waals surface area contributed by atoms with E-state index in [0.717, 1.165) is 0 Å². The SMILES string of the molecule is NCCCS(=O)(=O)NCc1ccc(F)c(Cl)c1. The summed E-state index contributed by atoms with van der Waals surface area (Å²) in [6.45, 7) is 0.413. The monoisotopic (exact) mass is 280 g/mol. The number of benzene rings is 1. The van der Waals surface area contributed by atoms with Crippen molar-refractivity contribution < 1.29 is 12.8 Å². The summed E-state index contributed by atoms with van der Waals surface area (Å²) in [5.41, 5.74) is 5.83. The maximum Gasteiger partial charge on any atom is 0.211 e. The molecule has 0 spiro atoms. The van der Waals surface area contributed by atoms with Crippen LogP contribution in [-0.4, -0.2) is 20.7 Å². The molecule has 4 nitrogen and oxygen atoms in total. The first-order valence-electron chi connectivity index (χ1n) is 5.06. The minimum atomic E-state index is -3.33. The maximum absolute atomic E-state index is 12.9. The van der Waals surface area contributed by atoms with Crippen LogP contribution >= 0.6 is 11.6 Å². The zero-order chi connectivity index (χ0) is 12.9. The molecular formula is C10H14ClFN2O2S. The highest BCUT2D eigenvalue weighted by molar-refractivity contribution is 7.89. The lowest BCUT2D eigenvalue weighted by Crippen LogP contribution is -2.27. The minimum Gasteiger partial charge on any atom is -0.330 e. The summed E-state index contributed by atoms with van der Waals surface area (Å²) in [7, 11) is -3.33. The second-order valence-corrected chi connectivity index (χ2v) is 5.86. The lowest BCUT2D eigenvalue weighted by atomic mass is 10.2. The quantitative estimate of drug-likeness (QED) is 0.824. The van der Waals surface area contributed by atoms with Gasteiger partial charge in [0.1, 0.15) is 5.82 Å². The standard InChI is InChI=1S/C10H14ClFN2O2S/c11-9-6-8(2-3-10(9)12)7-14-17(15,16)5-1-4-13/h2-3,6,14H,1,4-5,7,13H2. The molecule has 3 N–H and O–H groups in total. The second-order valence-electron chi connectivity index (χ2n) is 3.53. The van der Waals surface area contributed by atoms with Crippen LogP contribution in [0, 0.1) is 5.82 Å². The van der Waals surface area contributed by atoms with E-state index < -0.39 is 15.8 Å². The first-order valence-corrected chi connectivity index (χ1v) is 7.09. The van der Waals surface area contributed by atoms with Gasteiger partial charge in [-0.3, -0.25) is 0 Å². The van der Waals surface area contributed by atoms with Gasteiger partial charge in [-0.1, -0.05) is 17.7 Å². The van der Waals surface area contributed by atoms with Crippen LogP contribution in [0.15, 0.2) is 18.2 Å². The molecule has 0 unspecified atom stereocenters. The molecule has 96 valence electrons. The highest BCUT2D eigenvalue weighted by atomic mass is 35.5. The van der Waals surface area contributed by atoms with Gasteiger partial charge in [0.15, 0.2) is 0 Å². The Hall–Kier alpha value is -0.690. The van der Waals surface area contributed by atoms with Gasteiger partial charge in [-0.05, 0) is 30.7 Å². The number of halogens is 2. The molecule has 0 aliphatic rings. The Morgan fingerprint density at radius 2 is 2.12 bits per heavy atom. The molecule has 1 aromatic carbocycles. The average molecular weight is 281 g/mol. The van der Waals surface area contributed by atoms with Gasteiger partial charge in [0, 0.05) is 6.54 Å². The Morgan fingerprint density at radius 3 is 2.71 bits per heavy atom. The number of hydrogen-bond donors (Lipinski definition) is 2. The van der Waals surface area contributed by atoms with Crippen LogP contribution in [0.25, 0.3) is 0 Å². The molecule has 0 heterocycles. The van der Waals surface area contributed by atoms with Crippen molar-refractivity contribution >= 4 is 21.6 Å². The van der Waals surface area contributed by atoms with E-state index in [1.807, 2.05) is 0 Å². The van der Waals surface area contributed by atoms with Crippen LogP contribution in [-0.2, 0) is 16.6 Å². The van der Waals surface area contributed by atoms with Gasteiger partial charge in [0.25, 0.3) is 0 Å². The molecule has 17 heavy (non-hydrogen) atoms. The van der Waals surface area contributed by atoms with Crippen molar-refractivity contribution in [2.75, 3.05) is 12.3 Å². The minimum absolute atomic E-state index is 0.0154. The van der Waals surface area contributed by atoms with Crippen molar-refractivity contribution in [3.63, 3.8) is 0 Å². The summed E-state index contributed by atoms with van der Waals surface area (Å²) in [6.07, 6.45) is 0.402. The Bertz CT molecular complexity index is 479. The van der Waals surface area contributed by atoms with E-state index in [2.05, 4.69) is 4.72 Å². The van der Waals surface area contributed by atoms with Crippen LogP contribution < -0.4 is 10.5 Å². The first kappa shape index (κ1) is 14.4. The van der Waals surface area contributed by atoms with Crippen molar-refractivity contribution in [1.82, 2.24) is 4.72 Å². The molecule has 0 saturated heterocycles. The average Bonchev–Trinajstić information content (AvgIpc) is 2.28.